The van der Waals surface area contributed by atoms with Crippen molar-refractivity contribution in [1.29, 1.82) is 0 Å². The van der Waals surface area contributed by atoms with Crippen LogP contribution in [0.15, 0.2) is 24.3 Å². The molecular formula is C20H32ClN3O2. The molecule has 0 bridgehead atoms. The number of halogens is 1. The van der Waals surface area contributed by atoms with Crippen molar-refractivity contribution in [2.24, 2.45) is 5.73 Å². The van der Waals surface area contributed by atoms with Crippen LogP contribution in [0.5, 0.6) is 0 Å². The Kier molecular flexibility index (Phi) is 8.57. The number of nitrogens with one attached hydrogen (secondary N) is 1. The molecule has 1 aromatic rings. The number of hydrogen-bond acceptors (Lipinski definition) is 3. The zero-order valence-electron chi connectivity index (χ0n) is 16.1. The number of piperidine rings is 1. The average molecular weight is 382 g/mol. The van der Waals surface area contributed by atoms with Gasteiger partial charge in [0.05, 0.1) is 0 Å². The van der Waals surface area contributed by atoms with Gasteiger partial charge in [-0.3, -0.25) is 9.59 Å². The summed E-state index contributed by atoms with van der Waals surface area (Å²) in [4.78, 5) is 26.5. The normalized spacial score (nSPS) is 17.4. The van der Waals surface area contributed by atoms with Crippen LogP contribution in [0.4, 0.5) is 0 Å². The summed E-state index contributed by atoms with van der Waals surface area (Å²) in [5.74, 6) is 0.00763. The lowest BCUT2D eigenvalue weighted by molar-refractivity contribution is -0.121. The zero-order chi connectivity index (χ0) is 18.4. The van der Waals surface area contributed by atoms with Crippen LogP contribution in [0.1, 0.15) is 62.4 Å². The number of amides is 2. The molecule has 1 aromatic carbocycles. The van der Waals surface area contributed by atoms with Gasteiger partial charge in [0.1, 0.15) is 0 Å². The molecule has 0 radical (unpaired) electrons. The number of carbonyl (C=O) groups is 2. The maximum atomic E-state index is 12.9. The Labute approximate surface area is 163 Å². The van der Waals surface area contributed by atoms with Crippen molar-refractivity contribution in [3.05, 3.63) is 35.4 Å². The fourth-order valence-corrected chi connectivity index (χ4v) is 3.21. The van der Waals surface area contributed by atoms with Gasteiger partial charge in [-0.25, -0.2) is 0 Å². The third-order valence-corrected chi connectivity index (χ3v) is 4.79. The Bertz CT molecular complexity index is 596. The highest BCUT2D eigenvalue weighted by Gasteiger charge is 2.28. The van der Waals surface area contributed by atoms with Gasteiger partial charge in [-0.05, 0) is 42.4 Å². The number of benzene rings is 1. The summed E-state index contributed by atoms with van der Waals surface area (Å²) >= 11 is 0. The Balaban J connectivity index is 0.00000338. The van der Waals surface area contributed by atoms with Gasteiger partial charge in [0.2, 0.25) is 5.91 Å². The van der Waals surface area contributed by atoms with Crippen molar-refractivity contribution in [2.45, 2.75) is 57.9 Å². The second-order valence-corrected chi connectivity index (χ2v) is 7.82. The smallest absolute Gasteiger partial charge is 0.254 e. The molecule has 1 fully saturated rings. The Hall–Kier alpha value is -1.59. The molecule has 1 unspecified atom stereocenters. The highest BCUT2D eigenvalue weighted by molar-refractivity contribution is 5.94. The minimum absolute atomic E-state index is 0. The third kappa shape index (κ3) is 5.99. The van der Waals surface area contributed by atoms with Crippen LogP contribution in [0, 0.1) is 0 Å². The van der Waals surface area contributed by atoms with Crippen molar-refractivity contribution in [3.63, 3.8) is 0 Å². The molecule has 1 saturated heterocycles. The molecule has 1 aliphatic rings. The molecule has 26 heavy (non-hydrogen) atoms. The summed E-state index contributed by atoms with van der Waals surface area (Å²) in [6.07, 6.45) is 3.35. The molecule has 146 valence electrons. The summed E-state index contributed by atoms with van der Waals surface area (Å²) in [5, 5.41) is 2.91. The van der Waals surface area contributed by atoms with Crippen LogP contribution < -0.4 is 11.1 Å². The maximum absolute atomic E-state index is 12.9. The monoisotopic (exact) mass is 381 g/mol. The van der Waals surface area contributed by atoms with Crippen LogP contribution in [0.3, 0.4) is 0 Å². The second-order valence-electron chi connectivity index (χ2n) is 7.82. The minimum Gasteiger partial charge on any atom is -0.354 e. The first-order chi connectivity index (χ1) is 11.8. The van der Waals surface area contributed by atoms with E-state index in [1.807, 2.05) is 29.2 Å². The molecule has 3 N–H and O–H groups in total. The van der Waals surface area contributed by atoms with Gasteiger partial charge in [-0.15, -0.1) is 12.4 Å². The number of nitrogens with two attached hydrogens (primary N) is 1. The molecule has 0 aromatic heterocycles. The number of carbonyl (C=O) groups excluding carboxylic acids is 2. The molecule has 0 aliphatic carbocycles. The summed E-state index contributed by atoms with van der Waals surface area (Å²) in [6, 6.07) is 7.97. The molecule has 6 heteroatoms. The van der Waals surface area contributed by atoms with E-state index < -0.39 is 0 Å². The molecule has 1 atom stereocenters. The van der Waals surface area contributed by atoms with Crippen molar-refractivity contribution < 1.29 is 9.59 Å². The Morgan fingerprint density at radius 1 is 1.19 bits per heavy atom. The van der Waals surface area contributed by atoms with Gasteiger partial charge in [-0.1, -0.05) is 32.9 Å². The summed E-state index contributed by atoms with van der Waals surface area (Å²) in [7, 11) is 0. The average Bonchev–Trinajstić information content (AvgIpc) is 2.59. The van der Waals surface area contributed by atoms with Crippen molar-refractivity contribution in [3.8, 4) is 0 Å². The van der Waals surface area contributed by atoms with Gasteiger partial charge in [0, 0.05) is 37.7 Å². The zero-order valence-corrected chi connectivity index (χ0v) is 16.9. The Morgan fingerprint density at radius 2 is 1.85 bits per heavy atom. The summed E-state index contributed by atoms with van der Waals surface area (Å²) in [6.45, 7) is 8.08. The van der Waals surface area contributed by atoms with Gasteiger partial charge in [0.25, 0.3) is 5.91 Å². The van der Waals surface area contributed by atoms with Gasteiger partial charge in [0.15, 0.2) is 0 Å². The van der Waals surface area contributed by atoms with Crippen molar-refractivity contribution >= 4 is 24.2 Å². The van der Waals surface area contributed by atoms with E-state index in [9.17, 15) is 9.59 Å². The quantitative estimate of drug-likeness (QED) is 0.823. The van der Waals surface area contributed by atoms with Crippen LogP contribution in [-0.4, -0.2) is 42.4 Å². The first kappa shape index (κ1) is 22.5. The van der Waals surface area contributed by atoms with Crippen LogP contribution >= 0.6 is 12.4 Å². The van der Waals surface area contributed by atoms with E-state index in [0.717, 1.165) is 25.8 Å². The van der Waals surface area contributed by atoms with Crippen LogP contribution in [-0.2, 0) is 10.2 Å². The summed E-state index contributed by atoms with van der Waals surface area (Å²) < 4.78 is 0. The van der Waals surface area contributed by atoms with E-state index in [1.54, 1.807) is 0 Å². The number of rotatable bonds is 5. The van der Waals surface area contributed by atoms with E-state index >= 15 is 0 Å². The van der Waals surface area contributed by atoms with E-state index in [2.05, 4.69) is 26.1 Å². The van der Waals surface area contributed by atoms with Crippen molar-refractivity contribution in [1.82, 2.24) is 10.2 Å². The maximum Gasteiger partial charge on any atom is 0.254 e. The van der Waals surface area contributed by atoms with Crippen LogP contribution in [0.2, 0.25) is 0 Å². The number of nitrogens with zero attached hydrogens (tertiary/aromatic N) is 1. The predicted molar refractivity (Wildman–Crippen MR) is 108 cm³/mol. The largest absolute Gasteiger partial charge is 0.354 e. The summed E-state index contributed by atoms with van der Waals surface area (Å²) in [5.41, 5.74) is 7.41. The highest BCUT2D eigenvalue weighted by Crippen LogP contribution is 2.24. The SMILES string of the molecule is CC(C)(C)c1ccc(C(=O)N2CCCCC2CNC(=O)CCN)cc1.Cl. The molecule has 2 rings (SSSR count). The van der Waals surface area contributed by atoms with Gasteiger partial charge < -0.3 is 16.0 Å². The first-order valence-corrected chi connectivity index (χ1v) is 9.21. The predicted octanol–water partition coefficient (Wildman–Crippen LogP) is 2.87. The van der Waals surface area contributed by atoms with Gasteiger partial charge in [-0.2, -0.15) is 0 Å². The van der Waals surface area contributed by atoms with Gasteiger partial charge >= 0.3 is 0 Å². The first-order valence-electron chi connectivity index (χ1n) is 9.21. The molecule has 1 heterocycles. The van der Waals surface area contributed by atoms with E-state index in [4.69, 9.17) is 5.73 Å². The molecule has 0 saturated carbocycles. The van der Waals surface area contributed by atoms with E-state index in [-0.39, 0.29) is 35.7 Å². The lowest BCUT2D eigenvalue weighted by Gasteiger charge is -2.36. The highest BCUT2D eigenvalue weighted by atomic mass is 35.5. The fourth-order valence-electron chi connectivity index (χ4n) is 3.21. The molecule has 5 nitrogen and oxygen atoms in total. The van der Waals surface area contributed by atoms with Crippen molar-refractivity contribution in [2.75, 3.05) is 19.6 Å². The lowest BCUT2D eigenvalue weighted by Crippen LogP contribution is -2.49. The fraction of sp³-hybridized carbons (Fsp3) is 0.600. The molecular weight excluding hydrogens is 350 g/mol. The number of hydrogen-bond donors (Lipinski definition) is 2. The molecule has 0 spiro atoms. The third-order valence-electron chi connectivity index (χ3n) is 4.79. The standard InChI is InChI=1S/C20H31N3O2.ClH/c1-20(2,3)16-9-7-15(8-10-16)19(25)23-13-5-4-6-17(23)14-22-18(24)11-12-21;/h7-10,17H,4-6,11-14,21H2,1-3H3,(H,22,24);1H. The molecule has 2 amide bonds. The lowest BCUT2D eigenvalue weighted by atomic mass is 9.86. The topological polar surface area (TPSA) is 75.4 Å². The molecule has 1 aliphatic heterocycles. The van der Waals surface area contributed by atoms with Crippen LogP contribution in [0.25, 0.3) is 0 Å². The minimum atomic E-state index is -0.0463. The van der Waals surface area contributed by atoms with E-state index in [0.29, 0.717) is 25.1 Å². The number of likely N-dealkylation sites (tertiary alicyclic amines) is 1. The van der Waals surface area contributed by atoms with E-state index in [1.165, 1.54) is 5.56 Å². The Morgan fingerprint density at radius 3 is 2.42 bits per heavy atom. The second kappa shape index (κ2) is 9.93.